The van der Waals surface area contributed by atoms with Crippen molar-refractivity contribution in [1.82, 2.24) is 0 Å². The van der Waals surface area contributed by atoms with Crippen molar-refractivity contribution in [3.8, 4) is 0 Å². The van der Waals surface area contributed by atoms with E-state index in [1.165, 1.54) is 23.3 Å². The summed E-state index contributed by atoms with van der Waals surface area (Å²) in [4.78, 5) is 27.0. The third-order valence-corrected chi connectivity index (χ3v) is 4.58. The van der Waals surface area contributed by atoms with Crippen LogP contribution in [-0.2, 0) is 16.1 Å². The van der Waals surface area contributed by atoms with Gasteiger partial charge in [-0.05, 0) is 42.0 Å². The third kappa shape index (κ3) is 3.46. The summed E-state index contributed by atoms with van der Waals surface area (Å²) in [5.74, 6) is -1.01. The number of hydrogen-bond donors (Lipinski definition) is 1. The van der Waals surface area contributed by atoms with Gasteiger partial charge >= 0.3 is 0 Å². The number of nitrogens with one attached hydrogen (secondary N) is 1. The van der Waals surface area contributed by atoms with Crippen molar-refractivity contribution in [2.45, 2.75) is 18.9 Å². The van der Waals surface area contributed by atoms with Gasteiger partial charge in [-0.15, -0.1) is 0 Å². The Hall–Kier alpha value is -3.41. The van der Waals surface area contributed by atoms with Crippen molar-refractivity contribution < 1.29 is 18.4 Å². The molecule has 1 N–H and O–H groups in total. The van der Waals surface area contributed by atoms with Crippen LogP contribution in [0.1, 0.15) is 23.7 Å². The summed E-state index contributed by atoms with van der Waals surface area (Å²) >= 11 is 0. The van der Waals surface area contributed by atoms with Crippen LogP contribution in [0.3, 0.4) is 0 Å². The molecule has 2 amide bonds. The van der Waals surface area contributed by atoms with Gasteiger partial charge in [0.25, 0.3) is 0 Å². The van der Waals surface area contributed by atoms with E-state index in [9.17, 15) is 14.0 Å². The number of benzene rings is 2. The Kier molecular flexibility index (Phi) is 4.46. The van der Waals surface area contributed by atoms with Crippen LogP contribution in [-0.4, -0.2) is 11.8 Å². The molecule has 136 valence electrons. The number of anilines is 2. The number of furan rings is 1. The number of para-hydroxylation sites is 1. The van der Waals surface area contributed by atoms with Crippen molar-refractivity contribution in [3.05, 3.63) is 84.1 Å². The maximum absolute atomic E-state index is 13.8. The molecule has 4 rings (SSSR count). The summed E-state index contributed by atoms with van der Waals surface area (Å²) in [6, 6.07) is 16.5. The zero-order valence-corrected chi connectivity index (χ0v) is 14.4. The van der Waals surface area contributed by atoms with Crippen LogP contribution in [0.5, 0.6) is 0 Å². The van der Waals surface area contributed by atoms with Gasteiger partial charge in [-0.2, -0.15) is 0 Å². The van der Waals surface area contributed by atoms with Crippen LogP contribution in [0.15, 0.2) is 71.3 Å². The van der Waals surface area contributed by atoms with Crippen molar-refractivity contribution >= 4 is 23.2 Å². The van der Waals surface area contributed by atoms with E-state index in [1.54, 1.807) is 36.4 Å². The van der Waals surface area contributed by atoms with Gasteiger partial charge in [-0.25, -0.2) is 4.39 Å². The lowest BCUT2D eigenvalue weighted by molar-refractivity contribution is -0.124. The fourth-order valence-electron chi connectivity index (χ4n) is 3.32. The number of amides is 2. The van der Waals surface area contributed by atoms with E-state index < -0.39 is 11.7 Å². The van der Waals surface area contributed by atoms with Gasteiger partial charge in [-0.1, -0.05) is 24.3 Å². The Balaban J connectivity index is 1.73. The molecule has 1 aromatic heterocycles. The molecule has 0 aliphatic carbocycles. The molecule has 6 heteroatoms. The second-order valence-corrected chi connectivity index (χ2v) is 6.38. The lowest BCUT2D eigenvalue weighted by atomic mass is 9.89. The van der Waals surface area contributed by atoms with Gasteiger partial charge in [-0.3, -0.25) is 9.59 Å². The highest BCUT2D eigenvalue weighted by molar-refractivity contribution is 6.06. The molecule has 3 aromatic rings. The van der Waals surface area contributed by atoms with E-state index in [-0.39, 0.29) is 24.8 Å². The molecule has 0 saturated carbocycles. The van der Waals surface area contributed by atoms with Crippen LogP contribution in [0.4, 0.5) is 15.8 Å². The Labute approximate surface area is 155 Å². The van der Waals surface area contributed by atoms with E-state index in [0.717, 1.165) is 5.56 Å². The van der Waals surface area contributed by atoms with Crippen molar-refractivity contribution in [2.24, 2.45) is 0 Å². The molecule has 1 aliphatic rings. The topological polar surface area (TPSA) is 62.6 Å². The molecule has 0 spiro atoms. The SMILES string of the molecule is O=C1C[C@H](C(=O)N(Cc2ccco2)c2cccc(F)c2)c2ccccc2N1. The number of rotatable bonds is 4. The van der Waals surface area contributed by atoms with E-state index in [4.69, 9.17) is 4.42 Å². The van der Waals surface area contributed by atoms with Crippen LogP contribution in [0, 0.1) is 5.82 Å². The number of carbonyl (C=O) groups is 2. The van der Waals surface area contributed by atoms with Crippen LogP contribution >= 0.6 is 0 Å². The summed E-state index contributed by atoms with van der Waals surface area (Å²) in [6.45, 7) is 0.148. The predicted molar refractivity (Wildman–Crippen MR) is 98.7 cm³/mol. The zero-order chi connectivity index (χ0) is 18.8. The lowest BCUT2D eigenvalue weighted by Gasteiger charge is -2.30. The van der Waals surface area contributed by atoms with E-state index in [1.807, 2.05) is 12.1 Å². The molecule has 0 radical (unpaired) electrons. The summed E-state index contributed by atoms with van der Waals surface area (Å²) in [5, 5.41) is 2.79. The Morgan fingerprint density at radius 2 is 2.00 bits per heavy atom. The van der Waals surface area contributed by atoms with Gasteiger partial charge < -0.3 is 14.6 Å². The van der Waals surface area contributed by atoms with Gasteiger partial charge in [0.1, 0.15) is 11.6 Å². The van der Waals surface area contributed by atoms with Crippen LogP contribution in [0.25, 0.3) is 0 Å². The largest absolute Gasteiger partial charge is 0.467 e. The summed E-state index contributed by atoms with van der Waals surface area (Å²) in [6.07, 6.45) is 1.56. The number of hydrogen-bond acceptors (Lipinski definition) is 3. The van der Waals surface area contributed by atoms with E-state index >= 15 is 0 Å². The quantitative estimate of drug-likeness (QED) is 0.759. The first-order valence-electron chi connectivity index (χ1n) is 8.60. The second-order valence-electron chi connectivity index (χ2n) is 6.38. The zero-order valence-electron chi connectivity index (χ0n) is 14.4. The fraction of sp³-hybridized carbons (Fsp3) is 0.143. The van der Waals surface area contributed by atoms with Crippen molar-refractivity contribution in [1.29, 1.82) is 0 Å². The molecular weight excluding hydrogens is 347 g/mol. The molecular formula is C21H17FN2O3. The van der Waals surface area contributed by atoms with Crippen molar-refractivity contribution in [3.63, 3.8) is 0 Å². The number of carbonyl (C=O) groups excluding carboxylic acids is 2. The smallest absolute Gasteiger partial charge is 0.235 e. The van der Waals surface area contributed by atoms with Gasteiger partial charge in [0.05, 0.1) is 18.7 Å². The first kappa shape index (κ1) is 17.0. The van der Waals surface area contributed by atoms with Crippen molar-refractivity contribution in [2.75, 3.05) is 10.2 Å². The molecule has 0 fully saturated rings. The molecule has 0 unspecified atom stereocenters. The Morgan fingerprint density at radius 1 is 1.15 bits per heavy atom. The normalized spacial score (nSPS) is 15.7. The molecule has 2 heterocycles. The minimum Gasteiger partial charge on any atom is -0.467 e. The van der Waals surface area contributed by atoms with E-state index in [2.05, 4.69) is 5.32 Å². The fourth-order valence-corrected chi connectivity index (χ4v) is 3.32. The van der Waals surface area contributed by atoms with Gasteiger partial charge in [0, 0.05) is 17.8 Å². The molecule has 1 aliphatic heterocycles. The van der Waals surface area contributed by atoms with Gasteiger partial charge in [0.2, 0.25) is 11.8 Å². The highest BCUT2D eigenvalue weighted by Gasteiger charge is 2.34. The number of fused-ring (bicyclic) bond motifs is 1. The molecule has 0 saturated heterocycles. The maximum atomic E-state index is 13.8. The van der Waals surface area contributed by atoms with E-state index in [0.29, 0.717) is 17.1 Å². The molecule has 2 aromatic carbocycles. The highest BCUT2D eigenvalue weighted by atomic mass is 19.1. The Morgan fingerprint density at radius 3 is 2.78 bits per heavy atom. The summed E-state index contributed by atoms with van der Waals surface area (Å²) in [7, 11) is 0. The number of halogens is 1. The predicted octanol–water partition coefficient (Wildman–Crippen LogP) is 4.08. The maximum Gasteiger partial charge on any atom is 0.235 e. The lowest BCUT2D eigenvalue weighted by Crippen LogP contribution is -2.38. The van der Waals surface area contributed by atoms with Crippen LogP contribution < -0.4 is 10.2 Å². The monoisotopic (exact) mass is 364 g/mol. The minimum absolute atomic E-state index is 0.0415. The summed E-state index contributed by atoms with van der Waals surface area (Å²) in [5.41, 5.74) is 1.80. The molecule has 1 atom stereocenters. The molecule has 5 nitrogen and oxygen atoms in total. The van der Waals surface area contributed by atoms with Gasteiger partial charge in [0.15, 0.2) is 0 Å². The average molecular weight is 364 g/mol. The third-order valence-electron chi connectivity index (χ3n) is 4.58. The standard InChI is InChI=1S/C21H17FN2O3/c22-14-5-3-6-15(11-14)24(13-16-7-4-10-27-16)21(26)18-12-20(25)23-19-9-2-1-8-17(18)19/h1-11,18H,12-13H2,(H,23,25)/t18-/m0/s1. The summed E-state index contributed by atoms with van der Waals surface area (Å²) < 4.78 is 19.2. The minimum atomic E-state index is -0.645. The van der Waals surface area contributed by atoms with Crippen LogP contribution in [0.2, 0.25) is 0 Å². The highest BCUT2D eigenvalue weighted by Crippen LogP contribution is 2.35. The number of nitrogens with zero attached hydrogens (tertiary/aromatic N) is 1. The first-order valence-corrected chi connectivity index (χ1v) is 8.60. The molecule has 27 heavy (non-hydrogen) atoms. The molecule has 0 bridgehead atoms. The second kappa shape index (κ2) is 7.07. The Bertz CT molecular complexity index is 985. The first-order chi connectivity index (χ1) is 13.1. The average Bonchev–Trinajstić information content (AvgIpc) is 3.18.